The average molecular weight is 807 g/mol. The number of hydrogen-bond acceptors (Lipinski definition) is 4. The molecule has 4 nitrogen and oxygen atoms in total. The van der Waals surface area contributed by atoms with Crippen LogP contribution >= 0.6 is 18.1 Å². The molecule has 0 aliphatic carbocycles. The zero-order valence-corrected chi connectivity index (χ0v) is 39.4. The normalized spacial score (nSPS) is 11.8. The fraction of sp³-hybridized carbons (Fsp3) is 0.373. The van der Waals surface area contributed by atoms with E-state index >= 15 is 0 Å². The van der Waals surface area contributed by atoms with Gasteiger partial charge in [-0.15, -0.1) is 23.7 Å². The van der Waals surface area contributed by atoms with Crippen molar-refractivity contribution < 1.29 is 18.1 Å². The first kappa shape index (κ1) is 50.7. The van der Waals surface area contributed by atoms with Gasteiger partial charge in [0.25, 0.3) is 9.03 Å². The van der Waals surface area contributed by atoms with Crippen LogP contribution in [0, 0.1) is 35.5 Å². The number of aryl methyl sites for hydroxylation is 2. The second kappa shape index (κ2) is 29.0. The predicted octanol–water partition coefficient (Wildman–Crippen LogP) is 16.0. The third-order valence-corrected chi connectivity index (χ3v) is 10.1. The molecule has 0 N–H and O–H groups in total. The zero-order chi connectivity index (χ0) is 42.8. The van der Waals surface area contributed by atoms with Crippen LogP contribution in [0.25, 0.3) is 32.7 Å². The first-order chi connectivity index (χ1) is 27.5. The van der Waals surface area contributed by atoms with E-state index in [0.717, 1.165) is 63.1 Å². The quantitative estimate of drug-likeness (QED) is 0.0550. The number of hydrogen-bond donors (Lipinski definition) is 0. The number of rotatable bonds is 14. The maximum absolute atomic E-state index is 6.65. The smallest absolute Gasteiger partial charge is 0.275 e. The molecule has 306 valence electrons. The van der Waals surface area contributed by atoms with Crippen molar-refractivity contribution in [1.82, 2.24) is 0 Å². The van der Waals surface area contributed by atoms with Gasteiger partial charge >= 0.3 is 0 Å². The predicted molar refractivity (Wildman–Crippen MR) is 256 cm³/mol. The first-order valence-corrected chi connectivity index (χ1v) is 21.6. The van der Waals surface area contributed by atoms with Crippen LogP contribution in [0.4, 0.5) is 0 Å². The molecule has 57 heavy (non-hydrogen) atoms. The molecule has 4 aromatic rings. The van der Waals surface area contributed by atoms with Gasteiger partial charge in [0.1, 0.15) is 17.3 Å². The summed E-state index contributed by atoms with van der Waals surface area (Å²) in [5.41, 5.74) is 6.93. The summed E-state index contributed by atoms with van der Waals surface area (Å²) in [7, 11) is 1.37. The molecule has 0 spiro atoms. The van der Waals surface area contributed by atoms with Crippen molar-refractivity contribution >= 4 is 39.6 Å². The molecule has 2 atom stereocenters. The summed E-state index contributed by atoms with van der Waals surface area (Å²) in [6.45, 7) is 28.5. The Morgan fingerprint density at radius 1 is 0.649 bits per heavy atom. The van der Waals surface area contributed by atoms with Crippen molar-refractivity contribution in [3.8, 4) is 46.3 Å². The van der Waals surface area contributed by atoms with E-state index in [0.29, 0.717) is 11.8 Å². The molecule has 0 saturated carbocycles. The molecule has 0 heterocycles. The second-order valence-electron chi connectivity index (χ2n) is 13.4. The summed E-state index contributed by atoms with van der Waals surface area (Å²) in [6, 6.07) is 21.5. The topological polar surface area (TPSA) is 36.9 Å². The second-order valence-corrected chi connectivity index (χ2v) is 14.8. The van der Waals surface area contributed by atoms with E-state index in [1.54, 1.807) is 7.11 Å². The maximum atomic E-state index is 6.65. The monoisotopic (exact) mass is 806 g/mol. The number of allylic oxidation sites excluding steroid dienone is 8. The Bertz CT molecular complexity index is 2050. The Labute approximate surface area is 350 Å². The summed E-state index contributed by atoms with van der Waals surface area (Å²) >= 11 is 0. The van der Waals surface area contributed by atoms with Gasteiger partial charge in [-0.3, -0.25) is 0 Å². The molecule has 6 heteroatoms. The molecule has 0 amide bonds. The lowest BCUT2D eigenvalue weighted by Crippen LogP contribution is -2.00. The molecule has 0 aromatic heterocycles. The van der Waals surface area contributed by atoms with Gasteiger partial charge < -0.3 is 18.1 Å². The molecule has 4 aromatic carbocycles. The third-order valence-electron chi connectivity index (χ3n) is 8.97. The van der Waals surface area contributed by atoms with Gasteiger partial charge in [-0.25, -0.2) is 0 Å². The highest BCUT2D eigenvalue weighted by Crippen LogP contribution is 2.51. The van der Waals surface area contributed by atoms with Gasteiger partial charge in [0.15, 0.2) is 0 Å². The van der Waals surface area contributed by atoms with Crippen LogP contribution in [0.3, 0.4) is 0 Å². The minimum Gasteiger partial charge on any atom is -0.449 e. The summed E-state index contributed by atoms with van der Waals surface area (Å²) in [6.07, 6.45) is 12.2. The van der Waals surface area contributed by atoms with Crippen molar-refractivity contribution in [2.24, 2.45) is 11.8 Å². The van der Waals surface area contributed by atoms with E-state index in [4.69, 9.17) is 18.1 Å². The largest absolute Gasteiger partial charge is 0.449 e. The lowest BCUT2D eigenvalue weighted by molar-refractivity contribution is 0.414. The minimum atomic E-state index is -0.192. The van der Waals surface area contributed by atoms with Crippen LogP contribution in [0.5, 0.6) is 11.5 Å². The summed E-state index contributed by atoms with van der Waals surface area (Å²) in [4.78, 5) is 0. The highest BCUT2D eigenvalue weighted by atomic mass is 31.1. The number of fused-ring (bicyclic) bond motifs is 2. The molecule has 0 bridgehead atoms. The van der Waals surface area contributed by atoms with Crippen molar-refractivity contribution in [1.29, 1.82) is 0 Å². The van der Waals surface area contributed by atoms with Gasteiger partial charge in [0.05, 0.1) is 0 Å². The van der Waals surface area contributed by atoms with E-state index in [1.165, 1.54) is 21.9 Å². The van der Waals surface area contributed by atoms with Gasteiger partial charge in [0.2, 0.25) is 9.03 Å². The molecule has 4 rings (SSSR count). The van der Waals surface area contributed by atoms with E-state index in [2.05, 4.69) is 163 Å². The molecule has 2 unspecified atom stereocenters. The van der Waals surface area contributed by atoms with E-state index in [9.17, 15) is 0 Å². The lowest BCUT2D eigenvalue weighted by atomic mass is 9.88. The van der Waals surface area contributed by atoms with E-state index in [-0.39, 0.29) is 18.1 Å². The standard InChI is InChI=1S/C34H40O4P2.C9H16.2C4H6/c1-8-15-28(22(4)5)23(6)36-40-38-34-25(10-3)21-27-17-12-14-19-30(27)32(34)31-29-18-13-11-16-26(29)20-24(9-2)33(31)37-39-35-7;1-5-7-9(6-2)8(3)4;2*1-3-4-2/h8,11-22,39-40H,9-10H2,1-7H3;5-8H,1-4H3;2*1-2H3/b15-8-,28-23-;7-5-,9-6+;;. The molecular weight excluding hydrogens is 739 g/mol. The highest BCUT2D eigenvalue weighted by molar-refractivity contribution is 7.27. The Kier molecular flexibility index (Phi) is 25.8. The van der Waals surface area contributed by atoms with Crippen molar-refractivity contribution in [2.45, 2.75) is 110 Å². The number of benzene rings is 4. The molecule has 0 radical (unpaired) electrons. The Morgan fingerprint density at radius 2 is 1.09 bits per heavy atom. The van der Waals surface area contributed by atoms with Crippen LogP contribution in [0.15, 0.2) is 108 Å². The zero-order valence-electron chi connectivity index (χ0n) is 37.4. The lowest BCUT2D eigenvalue weighted by Gasteiger charge is -2.23. The fourth-order valence-corrected chi connectivity index (χ4v) is 7.01. The molecule has 0 aliphatic rings. The van der Waals surface area contributed by atoms with Crippen molar-refractivity contribution in [3.05, 3.63) is 119 Å². The van der Waals surface area contributed by atoms with Gasteiger partial charge in [0, 0.05) is 18.2 Å². The average Bonchev–Trinajstić information content (AvgIpc) is 3.23. The summed E-state index contributed by atoms with van der Waals surface area (Å²) < 4.78 is 24.7. The van der Waals surface area contributed by atoms with Crippen LogP contribution in [0.2, 0.25) is 0 Å². The van der Waals surface area contributed by atoms with Crippen LogP contribution in [-0.4, -0.2) is 7.11 Å². The highest BCUT2D eigenvalue weighted by Gasteiger charge is 2.24. The Balaban J connectivity index is 0.000000801. The molecule has 0 fully saturated rings. The summed E-state index contributed by atoms with van der Waals surface area (Å²) in [5.74, 6) is 14.3. The van der Waals surface area contributed by atoms with Gasteiger partial charge in [-0.05, 0) is 130 Å². The first-order valence-electron chi connectivity index (χ1n) is 19.9. The fourth-order valence-electron chi connectivity index (χ4n) is 6.01. The van der Waals surface area contributed by atoms with Crippen LogP contribution in [-0.2, 0) is 21.9 Å². The SMILES string of the molecule is C/C=C\C(=C(/C)OPOc1c(CC)cc2ccccc2c1-c1c(OPOC)c(CC)cc2ccccc12)C(C)C.C/C=C\C(=C/C)C(C)C.CC#CC.CC#CC. The molecule has 0 aliphatic heterocycles. The van der Waals surface area contributed by atoms with E-state index in [1.807, 2.05) is 48.5 Å². The van der Waals surface area contributed by atoms with Gasteiger partial charge in [-0.2, -0.15) is 0 Å². The van der Waals surface area contributed by atoms with Crippen molar-refractivity contribution in [2.75, 3.05) is 7.11 Å². The Morgan fingerprint density at radius 3 is 1.42 bits per heavy atom. The Hall–Kier alpha value is -4.30. The van der Waals surface area contributed by atoms with E-state index < -0.39 is 0 Å². The van der Waals surface area contributed by atoms with Crippen LogP contribution < -0.4 is 9.05 Å². The van der Waals surface area contributed by atoms with Crippen LogP contribution in [0.1, 0.15) is 108 Å². The van der Waals surface area contributed by atoms with Gasteiger partial charge in [-0.1, -0.05) is 126 Å². The molecular formula is C51H68O4P2. The third kappa shape index (κ3) is 15.9. The maximum Gasteiger partial charge on any atom is 0.275 e. The minimum absolute atomic E-state index is 0.109. The van der Waals surface area contributed by atoms with Crippen molar-refractivity contribution in [3.63, 3.8) is 0 Å². The summed E-state index contributed by atoms with van der Waals surface area (Å²) in [5, 5.41) is 4.58. The molecule has 0 saturated heterocycles.